The fourth-order valence-corrected chi connectivity index (χ4v) is 6.95. The Morgan fingerprint density at radius 2 is 1.00 bits per heavy atom. The highest BCUT2D eigenvalue weighted by Gasteiger charge is 2.23. The van der Waals surface area contributed by atoms with Crippen molar-refractivity contribution in [3.63, 3.8) is 0 Å². The number of rotatable bonds is 0. The van der Waals surface area contributed by atoms with Crippen LogP contribution in [0.3, 0.4) is 0 Å². The Balaban J connectivity index is 0.000000180. The van der Waals surface area contributed by atoms with Crippen LogP contribution < -0.4 is 5.56 Å². The molecule has 17 heterocycles. The average Bonchev–Trinajstić information content (AvgIpc) is 4.70. The van der Waals surface area contributed by atoms with Gasteiger partial charge in [0.25, 0.3) is 11.5 Å². The van der Waals surface area contributed by atoms with E-state index in [1.165, 1.54) is 51.0 Å². The molecule has 0 radical (unpaired) electrons. The second-order valence-corrected chi connectivity index (χ2v) is 16.8. The quantitative estimate of drug-likeness (QED) is 0.131. The maximum Gasteiger partial charge on any atom is 0.274 e. The Morgan fingerprint density at radius 3 is 1.57 bits per heavy atom. The van der Waals surface area contributed by atoms with E-state index >= 15 is 0 Å². The highest BCUT2D eigenvalue weighted by Crippen LogP contribution is 2.29. The minimum atomic E-state index is -0.157. The van der Waals surface area contributed by atoms with Gasteiger partial charge < -0.3 is 0 Å². The van der Waals surface area contributed by atoms with Gasteiger partial charge in [0, 0.05) is 148 Å². The van der Waals surface area contributed by atoms with E-state index < -0.39 is 0 Å². The van der Waals surface area contributed by atoms with E-state index in [4.69, 9.17) is 0 Å². The van der Waals surface area contributed by atoms with Crippen molar-refractivity contribution in [3.05, 3.63) is 274 Å². The molecular weight excluding hydrogens is 1150 g/mol. The monoisotopic (exact) mass is 1210 g/mol. The standard InChI is InChI=1S/C7H5N3O.C6H4N4.C6H5N3O.C6H5N3S.2C6H5N3.C5H4N4.2C5H5N.C4H4N2.3CH4/c11-7-3-5-8-6-2-1-4-9-10(6)7;1-2-8-6-5(7-1)9-3-4-10-6;10-6-4-7-5-2-1-3-8-9(5)6;1-5-8-6-3-2-4-7-9(6)10-5;1-3-7-6-2-4-8-9(6)5-1;1-2-6-7-4-5-9(6)8-3-1;1-2-5-6-4-8-9(5)7-3-1;2*1-2-4-6-5-3-1;1-2-5-4-6-3-1;;;/h1-5H;1-4H;1-3H,4H2;2-4H,1H2;2*1-5H;1-4H;2*1-5H;1-4H;3*1H4. The number of amidine groups is 2. The zero-order valence-corrected chi connectivity index (χ0v) is 45.9. The number of fused-ring (bicyclic) bond motifs is 7. The van der Waals surface area contributed by atoms with Crippen molar-refractivity contribution >= 4 is 75.8 Å². The fraction of sp³-hybridized carbons (Fsp3) is 0.0678. The predicted molar refractivity (Wildman–Crippen MR) is 342 cm³/mol. The molecule has 0 atom stereocenters. The van der Waals surface area contributed by atoms with Gasteiger partial charge in [0.2, 0.25) is 0 Å². The third-order valence-corrected chi connectivity index (χ3v) is 10.7. The number of carbonyl (C=O) groups is 1. The normalized spacial score (nSPS) is 11.9. The van der Waals surface area contributed by atoms with Crippen molar-refractivity contribution in [2.75, 3.05) is 6.54 Å². The first kappa shape index (κ1) is 67.2. The van der Waals surface area contributed by atoms with Gasteiger partial charge in [0.15, 0.2) is 45.6 Å². The Morgan fingerprint density at radius 1 is 0.427 bits per heavy atom. The van der Waals surface area contributed by atoms with Crippen molar-refractivity contribution in [1.29, 1.82) is 0 Å². The van der Waals surface area contributed by atoms with E-state index in [1.54, 1.807) is 155 Å². The largest absolute Gasteiger partial charge is 0.274 e. The fourth-order valence-electron chi connectivity index (χ4n) is 6.32. The third-order valence-electron chi connectivity index (χ3n) is 9.97. The number of hydrazone groups is 2. The summed E-state index contributed by atoms with van der Waals surface area (Å²) in [5, 5.41) is 29.4. The second-order valence-electron chi connectivity index (χ2n) is 15.8. The molecule has 17 rings (SSSR count). The zero-order chi connectivity index (χ0) is 59.5. The highest BCUT2D eigenvalue weighted by atomic mass is 32.2. The van der Waals surface area contributed by atoms with Crippen molar-refractivity contribution in [2.45, 2.75) is 22.3 Å². The van der Waals surface area contributed by atoms with E-state index in [0.717, 1.165) is 27.8 Å². The number of imidazole rings is 1. The van der Waals surface area contributed by atoms with Crippen LogP contribution in [-0.2, 0) is 4.79 Å². The SMILES string of the molecule is C.C.C.C=C1N=C2C=CC=NN2S1.O=C1CN=C2C=CC=NN12.O=c1ccnc2cccnn12.c1ccncc1.c1ccncc1.c1cnc2ccnn2c1.c1cnc2nccnc2n1.c1cncnc1.c1cnn2ccnc2c1.c1cnn2ncnc2c1. The van der Waals surface area contributed by atoms with Crippen LogP contribution in [0.2, 0.25) is 0 Å². The number of aromatic nitrogens is 21. The molecule has 0 N–H and O–H groups in total. The molecule has 30 heteroatoms. The first-order chi connectivity index (χ1) is 42.5. The summed E-state index contributed by atoms with van der Waals surface area (Å²) in [5.41, 5.74) is 4.14. The van der Waals surface area contributed by atoms with E-state index in [0.29, 0.717) is 22.8 Å². The van der Waals surface area contributed by atoms with Crippen molar-refractivity contribution in [3.8, 4) is 0 Å². The number of aliphatic imine (C=N–C) groups is 2. The second kappa shape index (κ2) is 38.3. The number of allylic oxidation sites excluding steroid dienone is 2. The molecule has 0 bridgehead atoms. The molecular formula is C59H59N27O2S. The molecule has 4 aliphatic heterocycles. The molecule has 29 nitrogen and oxygen atoms in total. The molecule has 13 aromatic rings. The number of hydrogen-bond acceptors (Lipinski definition) is 25. The van der Waals surface area contributed by atoms with Gasteiger partial charge in [-0.2, -0.15) is 44.5 Å². The Hall–Kier alpha value is -12.6. The van der Waals surface area contributed by atoms with Crippen LogP contribution in [0.5, 0.6) is 0 Å². The minimum absolute atomic E-state index is 0. The summed E-state index contributed by atoms with van der Waals surface area (Å²) in [6.07, 6.45) is 45.6. The van der Waals surface area contributed by atoms with Crippen LogP contribution in [0.1, 0.15) is 22.3 Å². The number of carbonyl (C=O) groups excluding carboxylic acids is 1. The lowest BCUT2D eigenvalue weighted by atomic mass is 10.4. The van der Waals surface area contributed by atoms with Gasteiger partial charge in [-0.25, -0.2) is 63.9 Å². The van der Waals surface area contributed by atoms with Crippen LogP contribution in [0, 0.1) is 0 Å². The number of amides is 1. The van der Waals surface area contributed by atoms with E-state index in [9.17, 15) is 9.59 Å². The number of nitrogens with zero attached hydrogens (tertiary/aromatic N) is 27. The lowest BCUT2D eigenvalue weighted by Gasteiger charge is -2.10. The van der Waals surface area contributed by atoms with Gasteiger partial charge in [-0.05, 0) is 97.1 Å². The summed E-state index contributed by atoms with van der Waals surface area (Å²) >= 11 is 1.44. The third kappa shape index (κ3) is 22.5. The Labute approximate surface area is 514 Å². The van der Waals surface area contributed by atoms with Crippen LogP contribution in [0.25, 0.3) is 33.9 Å². The molecule has 1 amide bonds. The van der Waals surface area contributed by atoms with Crippen LogP contribution >= 0.6 is 11.9 Å². The summed E-state index contributed by atoms with van der Waals surface area (Å²) in [4.78, 5) is 76.6. The predicted octanol–water partition coefficient (Wildman–Crippen LogP) is 7.80. The van der Waals surface area contributed by atoms with Gasteiger partial charge in [-0.1, -0.05) is 41.0 Å². The van der Waals surface area contributed by atoms with Gasteiger partial charge in [-0.15, -0.1) is 9.73 Å². The molecule has 89 heavy (non-hydrogen) atoms. The van der Waals surface area contributed by atoms with Crippen molar-refractivity contribution in [2.24, 2.45) is 20.2 Å². The molecule has 0 unspecified atom stereocenters. The van der Waals surface area contributed by atoms with Crippen LogP contribution in [-0.4, -0.2) is 149 Å². The molecule has 0 aliphatic carbocycles. The molecule has 448 valence electrons. The first-order valence-electron chi connectivity index (χ1n) is 25.2. The van der Waals surface area contributed by atoms with Gasteiger partial charge in [0.1, 0.15) is 24.2 Å². The lowest BCUT2D eigenvalue weighted by molar-refractivity contribution is -0.124. The van der Waals surface area contributed by atoms with Gasteiger partial charge in [0.05, 0.1) is 6.20 Å². The maximum absolute atomic E-state index is 11.0. The summed E-state index contributed by atoms with van der Waals surface area (Å²) < 4.78 is 7.91. The molecule has 0 aromatic carbocycles. The Kier molecular flexibility index (Phi) is 28.9. The van der Waals surface area contributed by atoms with Crippen molar-refractivity contribution < 1.29 is 4.79 Å². The average molecular weight is 1210 g/mol. The summed E-state index contributed by atoms with van der Waals surface area (Å²) in [6.45, 7) is 3.94. The molecule has 0 spiro atoms. The minimum Gasteiger partial charge on any atom is -0.270 e. The maximum atomic E-state index is 11.0. The smallest absolute Gasteiger partial charge is 0.270 e. The van der Waals surface area contributed by atoms with E-state index in [1.807, 2.05) is 97.3 Å². The molecule has 0 saturated heterocycles. The van der Waals surface area contributed by atoms with Crippen molar-refractivity contribution in [1.82, 2.24) is 113 Å². The molecule has 0 saturated carbocycles. The molecule has 4 aliphatic rings. The van der Waals surface area contributed by atoms with Gasteiger partial charge >= 0.3 is 0 Å². The molecule has 0 fully saturated rings. The van der Waals surface area contributed by atoms with Crippen LogP contribution in [0.4, 0.5) is 0 Å². The summed E-state index contributed by atoms with van der Waals surface area (Å²) in [6, 6.07) is 29.2. The first-order valence-corrected chi connectivity index (χ1v) is 26.0. The Bertz CT molecular complexity index is 3910. The van der Waals surface area contributed by atoms with E-state index in [2.05, 4.69) is 112 Å². The van der Waals surface area contributed by atoms with Gasteiger partial charge in [-0.3, -0.25) is 24.5 Å². The zero-order valence-electron chi connectivity index (χ0n) is 45.0. The van der Waals surface area contributed by atoms with E-state index in [-0.39, 0.29) is 40.3 Å². The molecule has 13 aromatic heterocycles. The number of hydrogen-bond donors (Lipinski definition) is 0. The highest BCUT2D eigenvalue weighted by molar-refractivity contribution is 8.01. The lowest BCUT2D eigenvalue weighted by Crippen LogP contribution is -2.27. The topological polar surface area (TPSA) is 327 Å². The summed E-state index contributed by atoms with van der Waals surface area (Å²) in [7, 11) is 0. The number of pyridine rings is 2. The van der Waals surface area contributed by atoms with Crippen LogP contribution in [0.15, 0.2) is 288 Å². The summed E-state index contributed by atoms with van der Waals surface area (Å²) in [5.74, 6) is 1.45.